The SMILES string of the molecule is O=C(COc1ccc(Br)cc1Br)NC(=S)N1CCCC1. The Morgan fingerprint density at radius 3 is 2.70 bits per heavy atom. The third kappa shape index (κ3) is 4.43. The molecule has 1 fully saturated rings. The zero-order valence-corrected chi connectivity index (χ0v) is 14.7. The second kappa shape index (κ2) is 7.38. The van der Waals surface area contributed by atoms with Crippen LogP contribution in [0.4, 0.5) is 0 Å². The Kier molecular flexibility index (Phi) is 5.80. The van der Waals surface area contributed by atoms with Crippen molar-refractivity contribution in [1.82, 2.24) is 10.2 Å². The topological polar surface area (TPSA) is 41.6 Å². The number of nitrogens with one attached hydrogen (secondary N) is 1. The number of amides is 1. The van der Waals surface area contributed by atoms with E-state index >= 15 is 0 Å². The molecule has 1 aliphatic heterocycles. The molecule has 0 aromatic heterocycles. The molecular formula is C13H14Br2N2O2S. The fourth-order valence-corrected chi connectivity index (χ4v) is 3.35. The Bertz CT molecular complexity index is 519. The van der Waals surface area contributed by atoms with Gasteiger partial charge in [-0.05, 0) is 59.2 Å². The maximum atomic E-state index is 11.8. The molecule has 1 aliphatic rings. The summed E-state index contributed by atoms with van der Waals surface area (Å²) in [4.78, 5) is 13.8. The van der Waals surface area contributed by atoms with Crippen LogP contribution in [-0.2, 0) is 4.79 Å². The molecule has 1 amide bonds. The second-order valence-corrected chi connectivity index (χ2v) is 6.57. The molecule has 1 aromatic carbocycles. The Labute approximate surface area is 140 Å². The van der Waals surface area contributed by atoms with E-state index in [1.807, 2.05) is 17.0 Å². The van der Waals surface area contributed by atoms with Gasteiger partial charge in [-0.3, -0.25) is 4.79 Å². The van der Waals surface area contributed by atoms with Gasteiger partial charge in [0.25, 0.3) is 5.91 Å². The normalized spacial score (nSPS) is 14.2. The number of halogens is 2. The van der Waals surface area contributed by atoms with E-state index in [1.54, 1.807) is 6.07 Å². The Morgan fingerprint density at radius 1 is 1.35 bits per heavy atom. The molecule has 20 heavy (non-hydrogen) atoms. The van der Waals surface area contributed by atoms with Crippen LogP contribution in [0, 0.1) is 0 Å². The second-order valence-electron chi connectivity index (χ2n) is 4.41. The van der Waals surface area contributed by atoms with Crippen molar-refractivity contribution in [1.29, 1.82) is 0 Å². The number of likely N-dealkylation sites (tertiary alicyclic amines) is 1. The summed E-state index contributed by atoms with van der Waals surface area (Å²) in [7, 11) is 0. The van der Waals surface area contributed by atoms with Crippen molar-refractivity contribution in [2.45, 2.75) is 12.8 Å². The predicted molar refractivity (Wildman–Crippen MR) is 88.9 cm³/mol. The molecule has 0 bridgehead atoms. The minimum Gasteiger partial charge on any atom is -0.483 e. The Balaban J connectivity index is 1.81. The predicted octanol–water partition coefficient (Wildman–Crippen LogP) is 3.09. The number of nitrogens with zero attached hydrogens (tertiary/aromatic N) is 1. The summed E-state index contributed by atoms with van der Waals surface area (Å²) in [5, 5.41) is 3.18. The van der Waals surface area contributed by atoms with Gasteiger partial charge in [0, 0.05) is 17.6 Å². The largest absolute Gasteiger partial charge is 0.483 e. The van der Waals surface area contributed by atoms with E-state index in [4.69, 9.17) is 17.0 Å². The van der Waals surface area contributed by atoms with Crippen LogP contribution < -0.4 is 10.1 Å². The average Bonchev–Trinajstić information content (AvgIpc) is 2.91. The highest BCUT2D eigenvalue weighted by molar-refractivity contribution is 9.11. The molecule has 1 aromatic rings. The highest BCUT2D eigenvalue weighted by Gasteiger charge is 2.16. The van der Waals surface area contributed by atoms with E-state index in [2.05, 4.69) is 37.2 Å². The van der Waals surface area contributed by atoms with Crippen LogP contribution in [0.2, 0.25) is 0 Å². The van der Waals surface area contributed by atoms with Crippen LogP contribution in [0.15, 0.2) is 27.1 Å². The zero-order chi connectivity index (χ0) is 14.5. The number of carbonyl (C=O) groups excluding carboxylic acids is 1. The average molecular weight is 422 g/mol. The number of carbonyl (C=O) groups is 1. The van der Waals surface area contributed by atoms with Crippen LogP contribution in [0.25, 0.3) is 0 Å². The molecular weight excluding hydrogens is 408 g/mol. The van der Waals surface area contributed by atoms with Crippen molar-refractivity contribution in [2.75, 3.05) is 19.7 Å². The van der Waals surface area contributed by atoms with Crippen molar-refractivity contribution in [3.63, 3.8) is 0 Å². The van der Waals surface area contributed by atoms with Crippen molar-refractivity contribution < 1.29 is 9.53 Å². The lowest BCUT2D eigenvalue weighted by molar-refractivity contribution is -0.121. The summed E-state index contributed by atoms with van der Waals surface area (Å²) in [6.45, 7) is 1.77. The lowest BCUT2D eigenvalue weighted by atomic mass is 10.3. The van der Waals surface area contributed by atoms with Crippen LogP contribution in [0.5, 0.6) is 5.75 Å². The van der Waals surface area contributed by atoms with Gasteiger partial charge in [-0.2, -0.15) is 0 Å². The summed E-state index contributed by atoms with van der Waals surface area (Å²) < 4.78 is 7.19. The third-order valence-corrected chi connectivity index (χ3v) is 4.37. The number of thiocarbonyl (C=S) groups is 1. The number of ether oxygens (including phenoxy) is 1. The molecule has 0 atom stereocenters. The van der Waals surface area contributed by atoms with Gasteiger partial charge < -0.3 is 15.0 Å². The van der Waals surface area contributed by atoms with E-state index in [1.165, 1.54) is 0 Å². The Hall–Kier alpha value is -0.660. The molecule has 0 spiro atoms. The van der Waals surface area contributed by atoms with Gasteiger partial charge in [0.15, 0.2) is 11.7 Å². The molecule has 1 saturated heterocycles. The lowest BCUT2D eigenvalue weighted by Gasteiger charge is -2.18. The standard InChI is InChI=1S/C13H14Br2N2O2S/c14-9-3-4-11(10(15)7-9)19-8-12(18)16-13(20)17-5-1-2-6-17/h3-4,7H,1-2,5-6,8H2,(H,16,18,20). The number of benzene rings is 1. The van der Waals surface area contributed by atoms with Crippen LogP contribution in [0.3, 0.4) is 0 Å². The number of hydrogen-bond acceptors (Lipinski definition) is 3. The highest BCUT2D eigenvalue weighted by Crippen LogP contribution is 2.28. The molecule has 0 unspecified atom stereocenters. The summed E-state index contributed by atoms with van der Waals surface area (Å²) in [6, 6.07) is 5.51. The van der Waals surface area contributed by atoms with Gasteiger partial charge in [0.05, 0.1) is 4.47 Å². The van der Waals surface area contributed by atoms with Gasteiger partial charge in [-0.15, -0.1) is 0 Å². The molecule has 1 N–H and O–H groups in total. The van der Waals surface area contributed by atoms with Gasteiger partial charge in [0.2, 0.25) is 0 Å². The van der Waals surface area contributed by atoms with E-state index in [0.29, 0.717) is 10.9 Å². The molecule has 7 heteroatoms. The van der Waals surface area contributed by atoms with Gasteiger partial charge in [-0.25, -0.2) is 0 Å². The van der Waals surface area contributed by atoms with Gasteiger partial charge in [0.1, 0.15) is 5.75 Å². The zero-order valence-electron chi connectivity index (χ0n) is 10.7. The van der Waals surface area contributed by atoms with Gasteiger partial charge in [-0.1, -0.05) is 15.9 Å². The fraction of sp³-hybridized carbons (Fsp3) is 0.385. The van der Waals surface area contributed by atoms with E-state index < -0.39 is 0 Å². The van der Waals surface area contributed by atoms with E-state index in [0.717, 1.165) is 34.9 Å². The molecule has 0 saturated carbocycles. The first-order chi connectivity index (χ1) is 9.56. The Morgan fingerprint density at radius 2 is 2.05 bits per heavy atom. The first kappa shape index (κ1) is 15.7. The van der Waals surface area contributed by atoms with Gasteiger partial charge >= 0.3 is 0 Å². The van der Waals surface area contributed by atoms with Crippen LogP contribution >= 0.6 is 44.1 Å². The lowest BCUT2D eigenvalue weighted by Crippen LogP contribution is -2.42. The summed E-state index contributed by atoms with van der Waals surface area (Å²) >= 11 is 11.9. The quantitative estimate of drug-likeness (QED) is 0.761. The first-order valence-corrected chi connectivity index (χ1v) is 8.22. The summed E-state index contributed by atoms with van der Waals surface area (Å²) in [5.41, 5.74) is 0. The van der Waals surface area contributed by atoms with Crippen molar-refractivity contribution >= 4 is 55.1 Å². The minimum absolute atomic E-state index is 0.0613. The van der Waals surface area contributed by atoms with Crippen LogP contribution in [0.1, 0.15) is 12.8 Å². The summed E-state index contributed by atoms with van der Waals surface area (Å²) in [5.74, 6) is 0.382. The molecule has 0 radical (unpaired) electrons. The fourth-order valence-electron chi connectivity index (χ4n) is 1.89. The summed E-state index contributed by atoms with van der Waals surface area (Å²) in [6.07, 6.45) is 2.25. The van der Waals surface area contributed by atoms with Crippen molar-refractivity contribution in [3.05, 3.63) is 27.1 Å². The molecule has 108 valence electrons. The number of hydrogen-bond donors (Lipinski definition) is 1. The smallest absolute Gasteiger partial charge is 0.264 e. The monoisotopic (exact) mass is 420 g/mol. The number of rotatable bonds is 3. The van der Waals surface area contributed by atoms with Crippen molar-refractivity contribution in [3.8, 4) is 5.75 Å². The molecule has 0 aliphatic carbocycles. The maximum absolute atomic E-state index is 11.8. The molecule has 4 nitrogen and oxygen atoms in total. The molecule has 1 heterocycles. The van der Waals surface area contributed by atoms with E-state index in [9.17, 15) is 4.79 Å². The molecule has 2 rings (SSSR count). The first-order valence-electron chi connectivity index (χ1n) is 6.23. The minimum atomic E-state index is -0.239. The maximum Gasteiger partial charge on any atom is 0.264 e. The third-order valence-electron chi connectivity index (χ3n) is 2.89. The van der Waals surface area contributed by atoms with Crippen molar-refractivity contribution in [2.24, 2.45) is 0 Å². The van der Waals surface area contributed by atoms with Crippen LogP contribution in [-0.4, -0.2) is 35.6 Å². The van der Waals surface area contributed by atoms with E-state index in [-0.39, 0.29) is 12.5 Å². The highest BCUT2D eigenvalue weighted by atomic mass is 79.9.